The number of aliphatic carboxylic acids is 2. The van der Waals surface area contributed by atoms with Gasteiger partial charge in [0.25, 0.3) is 11.9 Å². The molecule has 1 unspecified atom stereocenters. The van der Waals surface area contributed by atoms with Crippen LogP contribution in [0, 0.1) is 5.92 Å². The van der Waals surface area contributed by atoms with Crippen LogP contribution in [-0.4, -0.2) is 47.3 Å². The zero-order valence-corrected chi connectivity index (χ0v) is 25.7. The molecule has 0 radical (unpaired) electrons. The average Bonchev–Trinajstić information content (AvgIpc) is 2.74. The first-order valence-corrected chi connectivity index (χ1v) is 12.4. The molecule has 8 nitrogen and oxygen atoms in total. The van der Waals surface area contributed by atoms with Crippen molar-refractivity contribution in [3.8, 4) is 0 Å². The molecule has 0 aliphatic carbocycles. The van der Waals surface area contributed by atoms with E-state index in [1.165, 1.54) is 20.3 Å². The van der Waals surface area contributed by atoms with Crippen molar-refractivity contribution in [2.45, 2.75) is 123 Å². The molecule has 37 heavy (non-hydrogen) atoms. The van der Waals surface area contributed by atoms with Gasteiger partial charge in [-0.05, 0) is 32.6 Å². The molecule has 228 valence electrons. The minimum absolute atomic E-state index is 0. The monoisotopic (exact) mass is 540 g/mol. The van der Waals surface area contributed by atoms with Crippen LogP contribution in [0.15, 0.2) is 25.3 Å². The summed E-state index contributed by atoms with van der Waals surface area (Å²) in [5.74, 6) is -1.53. The lowest BCUT2D eigenvalue weighted by Crippen LogP contribution is -2.08. The van der Waals surface area contributed by atoms with Crippen molar-refractivity contribution in [1.29, 1.82) is 0 Å². The number of carboxylic acid groups (broad SMARTS) is 2. The Morgan fingerprint density at radius 3 is 1.14 bits per heavy atom. The number of allylic oxidation sites excluding steroid dienone is 2. The van der Waals surface area contributed by atoms with E-state index in [1.54, 1.807) is 12.2 Å². The molecule has 8 heteroatoms. The van der Waals surface area contributed by atoms with E-state index in [0.29, 0.717) is 19.1 Å². The highest BCUT2D eigenvalue weighted by atomic mass is 16.5. The second-order valence-corrected chi connectivity index (χ2v) is 6.60. The molecule has 2 N–H and O–H groups in total. The van der Waals surface area contributed by atoms with E-state index in [2.05, 4.69) is 45.6 Å². The molecule has 0 bridgehead atoms. The molecule has 0 aromatic carbocycles. The summed E-state index contributed by atoms with van der Waals surface area (Å²) < 4.78 is 9.37. The fourth-order valence-electron chi connectivity index (χ4n) is 1.08. The summed E-state index contributed by atoms with van der Waals surface area (Å²) in [6.07, 6.45) is 7.94. The molecule has 0 spiro atoms. The van der Waals surface area contributed by atoms with Gasteiger partial charge in [0.1, 0.15) is 0 Å². The topological polar surface area (TPSA) is 127 Å². The Bertz CT molecular complexity index is 421. The lowest BCUT2D eigenvalue weighted by Gasteiger charge is -2.08. The van der Waals surface area contributed by atoms with Gasteiger partial charge in [-0.3, -0.25) is 19.2 Å². The SMILES string of the molecule is C.C=CC.C=CC.CC.CC(=O)O.CC(=O)O.CCC.CCCC(C)COC(C)=O.CCCOC(C)=O. The molecule has 0 saturated carbocycles. The number of hydrogen-bond donors (Lipinski definition) is 2. The van der Waals surface area contributed by atoms with E-state index in [4.69, 9.17) is 24.5 Å². The van der Waals surface area contributed by atoms with Gasteiger partial charge in [0, 0.05) is 27.7 Å². The minimum Gasteiger partial charge on any atom is -0.481 e. The average molecular weight is 541 g/mol. The third-order valence-electron chi connectivity index (χ3n) is 1.86. The van der Waals surface area contributed by atoms with Crippen molar-refractivity contribution in [2.75, 3.05) is 13.2 Å². The lowest BCUT2D eigenvalue weighted by atomic mass is 10.1. The Labute approximate surface area is 230 Å². The highest BCUT2D eigenvalue weighted by molar-refractivity contribution is 5.66. The minimum atomic E-state index is -0.833. The smallest absolute Gasteiger partial charge is 0.302 e. The van der Waals surface area contributed by atoms with Gasteiger partial charge >= 0.3 is 11.9 Å². The van der Waals surface area contributed by atoms with Crippen molar-refractivity contribution < 1.29 is 38.9 Å². The largest absolute Gasteiger partial charge is 0.481 e. The van der Waals surface area contributed by atoms with E-state index in [1.807, 2.05) is 34.6 Å². The molecule has 0 aliphatic heterocycles. The van der Waals surface area contributed by atoms with Crippen molar-refractivity contribution in [2.24, 2.45) is 5.92 Å². The summed E-state index contributed by atoms with van der Waals surface area (Å²) in [4.78, 5) is 38.3. The zero-order chi connectivity index (χ0) is 31.0. The summed E-state index contributed by atoms with van der Waals surface area (Å²) in [5.41, 5.74) is 0. The molecular formula is C29H64O8. The summed E-state index contributed by atoms with van der Waals surface area (Å²) >= 11 is 0. The van der Waals surface area contributed by atoms with Crippen LogP contribution in [-0.2, 0) is 28.7 Å². The number of hydrogen-bond acceptors (Lipinski definition) is 6. The van der Waals surface area contributed by atoms with Gasteiger partial charge in [-0.1, -0.05) is 80.9 Å². The van der Waals surface area contributed by atoms with Crippen LogP contribution in [0.1, 0.15) is 123 Å². The molecule has 0 aromatic rings. The second-order valence-electron chi connectivity index (χ2n) is 6.60. The molecule has 0 aliphatic rings. The highest BCUT2D eigenvalue weighted by Gasteiger charge is 2.01. The maximum Gasteiger partial charge on any atom is 0.302 e. The molecule has 1 atom stereocenters. The number of esters is 2. The van der Waals surface area contributed by atoms with Gasteiger partial charge in [-0.25, -0.2) is 0 Å². The van der Waals surface area contributed by atoms with Crippen LogP contribution in [0.3, 0.4) is 0 Å². The standard InChI is InChI=1S/C8H16O2.C5H10O2.C3H8.2C3H6.2C2H4O2.C2H6.CH4/c1-4-5-7(2)6-10-8(3)9;1-3-4-7-5(2)6;3*1-3-2;2*1-2(3)4;1-2;/h7H,4-6H2,1-3H3;3-4H2,1-2H3;3H2,1-2H3;2*3H,1H2,2H3;2*1H3,(H,3,4);1-2H3;1H4. The van der Waals surface area contributed by atoms with Gasteiger partial charge in [0.05, 0.1) is 13.2 Å². The quantitative estimate of drug-likeness (QED) is 0.253. The number of carbonyl (C=O) groups excluding carboxylic acids is 2. The first-order valence-electron chi connectivity index (χ1n) is 12.4. The summed E-state index contributed by atoms with van der Waals surface area (Å²) in [6, 6.07) is 0. The molecule has 0 heterocycles. The molecule has 0 aromatic heterocycles. The van der Waals surface area contributed by atoms with Gasteiger partial charge < -0.3 is 19.7 Å². The van der Waals surface area contributed by atoms with Crippen LogP contribution in [0.2, 0.25) is 0 Å². The van der Waals surface area contributed by atoms with Gasteiger partial charge in [-0.2, -0.15) is 0 Å². The summed E-state index contributed by atoms with van der Waals surface area (Å²) in [6.45, 7) is 31.1. The zero-order valence-electron chi connectivity index (χ0n) is 25.7. The number of carbonyl (C=O) groups is 4. The highest BCUT2D eigenvalue weighted by Crippen LogP contribution is 2.04. The van der Waals surface area contributed by atoms with E-state index in [-0.39, 0.29) is 19.4 Å². The third-order valence-corrected chi connectivity index (χ3v) is 1.86. The van der Waals surface area contributed by atoms with E-state index in [9.17, 15) is 9.59 Å². The first kappa shape index (κ1) is 59.5. The van der Waals surface area contributed by atoms with Gasteiger partial charge in [0.15, 0.2) is 0 Å². The van der Waals surface area contributed by atoms with Crippen molar-refractivity contribution in [1.82, 2.24) is 0 Å². The lowest BCUT2D eigenvalue weighted by molar-refractivity contribution is -0.142. The normalized spacial score (nSPS) is 7.70. The van der Waals surface area contributed by atoms with Crippen molar-refractivity contribution >= 4 is 23.9 Å². The molecule has 0 fully saturated rings. The molecule has 0 amide bonds. The second kappa shape index (κ2) is 69.9. The van der Waals surface area contributed by atoms with Crippen LogP contribution in [0.5, 0.6) is 0 Å². The summed E-state index contributed by atoms with van der Waals surface area (Å²) in [7, 11) is 0. The van der Waals surface area contributed by atoms with Crippen LogP contribution < -0.4 is 0 Å². The molecule has 0 rings (SSSR count). The third kappa shape index (κ3) is 374. The molecule has 0 saturated heterocycles. The fraction of sp³-hybridized carbons (Fsp3) is 0.724. The maximum atomic E-state index is 10.3. The van der Waals surface area contributed by atoms with Crippen LogP contribution >= 0.6 is 0 Å². The Hall–Kier alpha value is -2.64. The van der Waals surface area contributed by atoms with E-state index >= 15 is 0 Å². The van der Waals surface area contributed by atoms with E-state index in [0.717, 1.165) is 33.1 Å². The Morgan fingerprint density at radius 2 is 1.00 bits per heavy atom. The van der Waals surface area contributed by atoms with Crippen LogP contribution in [0.4, 0.5) is 0 Å². The first-order chi connectivity index (χ1) is 16.6. The summed E-state index contributed by atoms with van der Waals surface area (Å²) in [5, 5.41) is 14.8. The number of carboxylic acids is 2. The Morgan fingerprint density at radius 1 is 0.757 bits per heavy atom. The predicted octanol–water partition coefficient (Wildman–Crippen LogP) is 8.59. The van der Waals surface area contributed by atoms with Crippen molar-refractivity contribution in [3.63, 3.8) is 0 Å². The number of rotatable bonds is 6. The van der Waals surface area contributed by atoms with E-state index < -0.39 is 11.9 Å². The maximum absolute atomic E-state index is 10.3. The molecular weight excluding hydrogens is 476 g/mol. The Kier molecular flexibility index (Phi) is 112. The Balaban J connectivity index is -0.0000000368. The van der Waals surface area contributed by atoms with Crippen LogP contribution in [0.25, 0.3) is 0 Å². The number of ether oxygens (including phenoxy) is 2. The van der Waals surface area contributed by atoms with Gasteiger partial charge in [0.2, 0.25) is 0 Å². The predicted molar refractivity (Wildman–Crippen MR) is 160 cm³/mol. The van der Waals surface area contributed by atoms with Crippen molar-refractivity contribution in [3.05, 3.63) is 25.3 Å². The van der Waals surface area contributed by atoms with Gasteiger partial charge in [-0.15, -0.1) is 13.2 Å². The fourth-order valence-corrected chi connectivity index (χ4v) is 1.08.